The summed E-state index contributed by atoms with van der Waals surface area (Å²) in [7, 11) is 1.79. The zero-order chi connectivity index (χ0) is 18.0. The Morgan fingerprint density at radius 1 is 1.12 bits per heavy atom. The van der Waals surface area contributed by atoms with Crippen molar-refractivity contribution in [3.05, 3.63) is 64.9 Å². The molecule has 0 aliphatic rings. The van der Waals surface area contributed by atoms with Crippen LogP contribution in [0.25, 0.3) is 11.3 Å². The van der Waals surface area contributed by atoms with Gasteiger partial charge in [0.05, 0.1) is 23.3 Å². The van der Waals surface area contributed by atoms with Crippen molar-refractivity contribution in [2.45, 2.75) is 27.3 Å². The molecule has 6 nitrogen and oxygen atoms in total. The van der Waals surface area contributed by atoms with Crippen LogP contribution in [0.1, 0.15) is 33.0 Å². The van der Waals surface area contributed by atoms with Gasteiger partial charge in [0.2, 0.25) is 0 Å². The van der Waals surface area contributed by atoms with Crippen LogP contribution in [-0.4, -0.2) is 38.0 Å². The van der Waals surface area contributed by atoms with Crippen LogP contribution in [0.4, 0.5) is 0 Å². The van der Waals surface area contributed by atoms with E-state index in [-0.39, 0.29) is 5.91 Å². The topological polar surface area (TPSA) is 74.8 Å². The van der Waals surface area contributed by atoms with E-state index in [1.54, 1.807) is 24.3 Å². The zero-order valence-corrected chi connectivity index (χ0v) is 14.9. The molecule has 1 N–H and O–H groups in total. The molecule has 0 atom stereocenters. The first kappa shape index (κ1) is 16.8. The fourth-order valence-corrected chi connectivity index (χ4v) is 2.66. The summed E-state index contributed by atoms with van der Waals surface area (Å²) in [5.41, 5.74) is 6.18. The highest BCUT2D eigenvalue weighted by molar-refractivity contribution is 5.94. The molecule has 0 fully saturated rings. The van der Waals surface area contributed by atoms with Gasteiger partial charge in [-0.3, -0.25) is 14.9 Å². The summed E-state index contributed by atoms with van der Waals surface area (Å²) in [6.45, 7) is 6.31. The minimum absolute atomic E-state index is 0.0285. The Balaban J connectivity index is 1.78. The molecule has 0 spiro atoms. The Kier molecular flexibility index (Phi) is 4.61. The third-order valence-electron chi connectivity index (χ3n) is 4.17. The van der Waals surface area contributed by atoms with E-state index in [1.165, 1.54) is 0 Å². The molecule has 3 aromatic rings. The highest BCUT2D eigenvalue weighted by Crippen LogP contribution is 2.21. The lowest BCUT2D eigenvalue weighted by molar-refractivity contribution is 0.0785. The van der Waals surface area contributed by atoms with Crippen LogP contribution in [0.5, 0.6) is 0 Å². The summed E-state index contributed by atoms with van der Waals surface area (Å²) < 4.78 is 0. The Labute approximate surface area is 146 Å². The molecule has 6 heteroatoms. The van der Waals surface area contributed by atoms with E-state index in [4.69, 9.17) is 0 Å². The minimum Gasteiger partial charge on any atom is -0.337 e. The predicted molar refractivity (Wildman–Crippen MR) is 96.1 cm³/mol. The van der Waals surface area contributed by atoms with Crippen LogP contribution in [0.2, 0.25) is 0 Å². The molecule has 0 aliphatic heterocycles. The summed E-state index contributed by atoms with van der Waals surface area (Å²) in [4.78, 5) is 23.2. The summed E-state index contributed by atoms with van der Waals surface area (Å²) in [6, 6.07) is 7.50. The molecule has 0 unspecified atom stereocenters. The van der Waals surface area contributed by atoms with Gasteiger partial charge in [-0.1, -0.05) is 12.1 Å². The predicted octanol–water partition coefficient (Wildman–Crippen LogP) is 3.06. The fourth-order valence-electron chi connectivity index (χ4n) is 2.66. The first-order valence-corrected chi connectivity index (χ1v) is 8.10. The Morgan fingerprint density at radius 2 is 1.84 bits per heavy atom. The highest BCUT2D eigenvalue weighted by atomic mass is 16.2. The van der Waals surface area contributed by atoms with Crippen LogP contribution in [-0.2, 0) is 6.54 Å². The van der Waals surface area contributed by atoms with Crippen molar-refractivity contribution in [1.29, 1.82) is 0 Å². The smallest absolute Gasteiger partial charge is 0.253 e. The highest BCUT2D eigenvalue weighted by Gasteiger charge is 2.14. The van der Waals surface area contributed by atoms with Gasteiger partial charge in [-0.05, 0) is 32.9 Å². The van der Waals surface area contributed by atoms with E-state index in [2.05, 4.69) is 20.2 Å². The molecule has 1 amide bonds. The largest absolute Gasteiger partial charge is 0.337 e. The molecule has 2 aromatic heterocycles. The number of aromatic amines is 1. The SMILES string of the molecule is Cc1cnc(C)c(-c2ccc(C(=O)N(C)Cc3cn[nH]c3C)cc2)n1. The standard InChI is InChI=1S/C19H21N5O/c1-12-9-20-14(3)18(22-12)15-5-7-16(8-6-15)19(25)24(4)11-17-10-21-23-13(17)2/h5-10H,11H2,1-4H3,(H,21,23). The number of aromatic nitrogens is 4. The number of amides is 1. The lowest BCUT2D eigenvalue weighted by Crippen LogP contribution is -2.26. The second-order valence-electron chi connectivity index (χ2n) is 6.20. The number of carbonyl (C=O) groups excluding carboxylic acids is 1. The van der Waals surface area contributed by atoms with E-state index in [0.29, 0.717) is 12.1 Å². The van der Waals surface area contributed by atoms with Crippen molar-refractivity contribution < 1.29 is 4.79 Å². The number of H-pyrrole nitrogens is 1. The average molecular weight is 335 g/mol. The second kappa shape index (κ2) is 6.84. The van der Waals surface area contributed by atoms with Crippen molar-refractivity contribution in [3.63, 3.8) is 0 Å². The third kappa shape index (κ3) is 3.57. The number of benzene rings is 1. The van der Waals surface area contributed by atoms with Gasteiger partial charge in [0.15, 0.2) is 0 Å². The van der Waals surface area contributed by atoms with E-state index in [0.717, 1.165) is 33.9 Å². The zero-order valence-electron chi connectivity index (χ0n) is 14.9. The van der Waals surface area contributed by atoms with Crippen LogP contribution in [0.15, 0.2) is 36.7 Å². The van der Waals surface area contributed by atoms with E-state index >= 15 is 0 Å². The second-order valence-corrected chi connectivity index (χ2v) is 6.20. The van der Waals surface area contributed by atoms with Crippen molar-refractivity contribution in [3.8, 4) is 11.3 Å². The van der Waals surface area contributed by atoms with Gasteiger partial charge in [-0.2, -0.15) is 5.10 Å². The molecule has 25 heavy (non-hydrogen) atoms. The maximum Gasteiger partial charge on any atom is 0.253 e. The normalized spacial score (nSPS) is 10.7. The van der Waals surface area contributed by atoms with Gasteiger partial charge in [0.25, 0.3) is 5.91 Å². The van der Waals surface area contributed by atoms with Crippen LogP contribution < -0.4 is 0 Å². The van der Waals surface area contributed by atoms with Crippen molar-refractivity contribution in [2.75, 3.05) is 7.05 Å². The molecule has 2 heterocycles. The minimum atomic E-state index is -0.0285. The van der Waals surface area contributed by atoms with Crippen LogP contribution in [0, 0.1) is 20.8 Å². The van der Waals surface area contributed by atoms with Crippen molar-refractivity contribution in [1.82, 2.24) is 25.1 Å². The fraction of sp³-hybridized carbons (Fsp3) is 0.263. The Hall–Kier alpha value is -3.02. The number of rotatable bonds is 4. The summed E-state index contributed by atoms with van der Waals surface area (Å²) >= 11 is 0. The molecule has 0 radical (unpaired) electrons. The van der Waals surface area contributed by atoms with Gasteiger partial charge < -0.3 is 4.90 Å². The summed E-state index contributed by atoms with van der Waals surface area (Å²) in [5, 5.41) is 6.88. The monoisotopic (exact) mass is 335 g/mol. The van der Waals surface area contributed by atoms with E-state index in [1.807, 2.05) is 45.0 Å². The number of hydrogen-bond donors (Lipinski definition) is 1. The molecular formula is C19H21N5O. The molecule has 0 aliphatic carbocycles. The lowest BCUT2D eigenvalue weighted by Gasteiger charge is -2.17. The lowest BCUT2D eigenvalue weighted by atomic mass is 10.1. The van der Waals surface area contributed by atoms with Crippen LogP contribution in [0.3, 0.4) is 0 Å². The maximum atomic E-state index is 12.6. The number of nitrogens with zero attached hydrogens (tertiary/aromatic N) is 4. The van der Waals surface area contributed by atoms with E-state index < -0.39 is 0 Å². The van der Waals surface area contributed by atoms with Gasteiger partial charge in [0, 0.05) is 42.2 Å². The first-order valence-electron chi connectivity index (χ1n) is 8.10. The number of aryl methyl sites for hydroxylation is 3. The molecule has 1 aromatic carbocycles. The van der Waals surface area contributed by atoms with Gasteiger partial charge in [-0.25, -0.2) is 4.98 Å². The first-order chi connectivity index (χ1) is 12.0. The molecular weight excluding hydrogens is 314 g/mol. The molecule has 0 bridgehead atoms. The Morgan fingerprint density at radius 3 is 2.48 bits per heavy atom. The molecule has 3 rings (SSSR count). The molecule has 128 valence electrons. The summed E-state index contributed by atoms with van der Waals surface area (Å²) in [5.74, 6) is -0.0285. The van der Waals surface area contributed by atoms with E-state index in [9.17, 15) is 4.79 Å². The van der Waals surface area contributed by atoms with Gasteiger partial charge >= 0.3 is 0 Å². The number of carbonyl (C=O) groups is 1. The van der Waals surface area contributed by atoms with Crippen molar-refractivity contribution in [2.24, 2.45) is 0 Å². The van der Waals surface area contributed by atoms with Crippen LogP contribution >= 0.6 is 0 Å². The van der Waals surface area contributed by atoms with Gasteiger partial charge in [0.1, 0.15) is 0 Å². The van der Waals surface area contributed by atoms with Crippen molar-refractivity contribution >= 4 is 5.91 Å². The molecule has 0 saturated carbocycles. The molecule has 0 saturated heterocycles. The maximum absolute atomic E-state index is 12.6. The van der Waals surface area contributed by atoms with Gasteiger partial charge in [-0.15, -0.1) is 0 Å². The number of hydrogen-bond acceptors (Lipinski definition) is 4. The quantitative estimate of drug-likeness (QED) is 0.795. The summed E-state index contributed by atoms with van der Waals surface area (Å²) in [6.07, 6.45) is 3.50. The Bertz CT molecular complexity index is 898. The average Bonchev–Trinajstić information content (AvgIpc) is 3.01. The number of nitrogens with one attached hydrogen (secondary N) is 1. The third-order valence-corrected chi connectivity index (χ3v) is 4.17.